The van der Waals surface area contributed by atoms with E-state index in [0.717, 1.165) is 54.5 Å². The van der Waals surface area contributed by atoms with Gasteiger partial charge in [0.05, 0.1) is 11.3 Å². The molecule has 1 aliphatic rings. The van der Waals surface area contributed by atoms with Crippen molar-refractivity contribution in [1.29, 1.82) is 0 Å². The molecule has 6 heteroatoms. The maximum atomic E-state index is 10.5. The minimum absolute atomic E-state index is 0.380. The van der Waals surface area contributed by atoms with Gasteiger partial charge in [0.15, 0.2) is 5.65 Å². The first-order valence-corrected chi connectivity index (χ1v) is 12.2. The quantitative estimate of drug-likeness (QED) is 0.403. The number of H-pyrrole nitrogens is 1. The van der Waals surface area contributed by atoms with Gasteiger partial charge < -0.3 is 15.4 Å². The maximum absolute atomic E-state index is 10.5. The van der Waals surface area contributed by atoms with E-state index in [0.29, 0.717) is 18.4 Å². The highest BCUT2D eigenvalue weighted by Gasteiger charge is 2.24. The lowest BCUT2D eigenvalue weighted by atomic mass is 9.87. The Morgan fingerprint density at radius 1 is 1.21 bits per heavy atom. The minimum Gasteiger partial charge on any atom is -0.389 e. The summed E-state index contributed by atoms with van der Waals surface area (Å²) in [6, 6.07) is 9.12. The van der Waals surface area contributed by atoms with Gasteiger partial charge in [0.2, 0.25) is 0 Å². The van der Waals surface area contributed by atoms with E-state index in [2.05, 4.69) is 58.5 Å². The Balaban J connectivity index is 1.54. The van der Waals surface area contributed by atoms with Crippen LogP contribution in [0.4, 0.5) is 0 Å². The molecule has 174 valence electrons. The number of β-amino-alcohol motifs (C(OH)–C–C–N with tert-alkyl or cyclic N) is 1. The molecule has 0 bridgehead atoms. The van der Waals surface area contributed by atoms with Crippen molar-refractivity contribution in [3.05, 3.63) is 47.8 Å². The topological polar surface area (TPSA) is 78.8 Å². The number of benzene rings is 1. The second-order valence-electron chi connectivity index (χ2n) is 10.4. The monoisotopic (exact) mass is 445 g/mol. The van der Waals surface area contributed by atoms with Crippen LogP contribution in [0, 0.1) is 0 Å². The van der Waals surface area contributed by atoms with Crippen LogP contribution in [-0.2, 0) is 7.05 Å². The fraction of sp³-hybridized carbons (Fsp3) is 0.481. The van der Waals surface area contributed by atoms with Gasteiger partial charge in [-0.1, -0.05) is 19.9 Å². The number of fused-ring (bicyclic) bond motifs is 2. The zero-order valence-electron chi connectivity index (χ0n) is 20.2. The molecule has 2 atom stereocenters. The summed E-state index contributed by atoms with van der Waals surface area (Å²) in [5.41, 5.74) is 6.35. The summed E-state index contributed by atoms with van der Waals surface area (Å²) in [5, 5.41) is 20.7. The summed E-state index contributed by atoms with van der Waals surface area (Å²) in [6.45, 7) is 8.08. The Labute approximate surface area is 195 Å². The largest absolute Gasteiger partial charge is 0.389 e. The molecule has 1 aromatic carbocycles. The van der Waals surface area contributed by atoms with E-state index in [4.69, 9.17) is 0 Å². The summed E-state index contributed by atoms with van der Waals surface area (Å²) in [6.07, 6.45) is 8.04. The van der Waals surface area contributed by atoms with Crippen LogP contribution in [0.2, 0.25) is 0 Å². The lowest BCUT2D eigenvalue weighted by Crippen LogP contribution is -2.37. The van der Waals surface area contributed by atoms with E-state index < -0.39 is 5.60 Å². The van der Waals surface area contributed by atoms with Crippen molar-refractivity contribution in [3.63, 3.8) is 0 Å². The molecular formula is C27H35N5O. The SMILES string of the molecule is CC(C)c1c(-c2cnc3nn(C)cc3c2)[nH]c2ccc(C3CCCC(C)(O)CNCC3)cc12. The van der Waals surface area contributed by atoms with Gasteiger partial charge in [-0.3, -0.25) is 4.68 Å². The van der Waals surface area contributed by atoms with E-state index in [-0.39, 0.29) is 0 Å². The fourth-order valence-electron chi connectivity index (χ4n) is 5.41. The third-order valence-corrected chi connectivity index (χ3v) is 7.12. The molecule has 3 N–H and O–H groups in total. The van der Waals surface area contributed by atoms with E-state index in [1.54, 1.807) is 0 Å². The Bertz CT molecular complexity index is 1280. The molecule has 5 rings (SSSR count). The van der Waals surface area contributed by atoms with E-state index in [1.807, 2.05) is 31.0 Å². The van der Waals surface area contributed by atoms with Gasteiger partial charge in [-0.15, -0.1) is 0 Å². The molecule has 1 saturated heterocycles. The number of aliphatic hydroxyl groups is 1. The van der Waals surface area contributed by atoms with E-state index in [1.165, 1.54) is 22.0 Å². The molecule has 33 heavy (non-hydrogen) atoms. The molecule has 0 amide bonds. The average Bonchev–Trinajstić information content (AvgIpc) is 3.34. The zero-order valence-corrected chi connectivity index (χ0v) is 20.2. The van der Waals surface area contributed by atoms with Gasteiger partial charge in [0.25, 0.3) is 0 Å². The molecule has 6 nitrogen and oxygen atoms in total. The molecular weight excluding hydrogens is 410 g/mol. The molecule has 0 saturated carbocycles. The summed E-state index contributed by atoms with van der Waals surface area (Å²) < 4.78 is 1.81. The first-order chi connectivity index (χ1) is 15.8. The van der Waals surface area contributed by atoms with Crippen molar-refractivity contribution in [2.24, 2.45) is 7.05 Å². The predicted octanol–water partition coefficient (Wildman–Crippen LogP) is 5.24. The van der Waals surface area contributed by atoms with Crippen molar-refractivity contribution >= 4 is 21.9 Å². The van der Waals surface area contributed by atoms with Crippen LogP contribution in [0.1, 0.15) is 69.4 Å². The van der Waals surface area contributed by atoms with Crippen LogP contribution in [0.15, 0.2) is 36.7 Å². The van der Waals surface area contributed by atoms with Crippen molar-refractivity contribution in [2.75, 3.05) is 13.1 Å². The molecule has 0 radical (unpaired) electrons. The lowest BCUT2D eigenvalue weighted by Gasteiger charge is -2.22. The normalized spacial score (nSPS) is 22.5. The fourth-order valence-corrected chi connectivity index (χ4v) is 5.41. The van der Waals surface area contributed by atoms with Gasteiger partial charge in [-0.25, -0.2) is 4.98 Å². The standard InChI is InChI=1S/C27H35N5O/c1-17(2)24-22-13-19(18-6-5-10-27(3,33)16-28-11-9-18)7-8-23(22)30-25(24)20-12-21-15-32(4)31-26(21)29-14-20/h7-8,12-15,17-18,28,30,33H,5-6,9-11,16H2,1-4H3. The van der Waals surface area contributed by atoms with Gasteiger partial charge in [0, 0.05) is 47.8 Å². The second kappa shape index (κ2) is 8.58. The second-order valence-corrected chi connectivity index (χ2v) is 10.4. The number of rotatable bonds is 3. The van der Waals surface area contributed by atoms with Crippen LogP contribution >= 0.6 is 0 Å². The molecule has 0 spiro atoms. The number of hydrogen-bond donors (Lipinski definition) is 3. The summed E-state index contributed by atoms with van der Waals surface area (Å²) in [5.74, 6) is 0.883. The Morgan fingerprint density at radius 2 is 2.06 bits per heavy atom. The first kappa shape index (κ1) is 22.1. The molecule has 2 unspecified atom stereocenters. The van der Waals surface area contributed by atoms with E-state index in [9.17, 15) is 5.11 Å². The van der Waals surface area contributed by atoms with Crippen molar-refractivity contribution < 1.29 is 5.11 Å². The minimum atomic E-state index is -0.609. The number of nitrogens with zero attached hydrogens (tertiary/aromatic N) is 3. The molecule has 0 aliphatic carbocycles. The number of aromatic amines is 1. The number of pyridine rings is 1. The average molecular weight is 446 g/mol. The summed E-state index contributed by atoms with van der Waals surface area (Å²) >= 11 is 0. The van der Waals surface area contributed by atoms with Gasteiger partial charge in [-0.2, -0.15) is 5.10 Å². The number of aryl methyl sites for hydroxylation is 1. The third-order valence-electron chi connectivity index (χ3n) is 7.12. The summed E-state index contributed by atoms with van der Waals surface area (Å²) in [4.78, 5) is 8.29. The Morgan fingerprint density at radius 3 is 2.88 bits per heavy atom. The third kappa shape index (κ3) is 4.42. The molecule has 1 aliphatic heterocycles. The lowest BCUT2D eigenvalue weighted by molar-refractivity contribution is 0.0500. The highest BCUT2D eigenvalue weighted by atomic mass is 16.3. The number of nitrogens with one attached hydrogen (secondary N) is 2. The molecule has 1 fully saturated rings. The predicted molar refractivity (Wildman–Crippen MR) is 135 cm³/mol. The van der Waals surface area contributed by atoms with Crippen molar-refractivity contribution in [3.8, 4) is 11.3 Å². The summed E-state index contributed by atoms with van der Waals surface area (Å²) in [7, 11) is 1.93. The van der Waals surface area contributed by atoms with Gasteiger partial charge >= 0.3 is 0 Å². The molecule has 4 heterocycles. The van der Waals surface area contributed by atoms with Gasteiger partial charge in [0.1, 0.15) is 0 Å². The number of hydrogen-bond acceptors (Lipinski definition) is 4. The number of aromatic nitrogens is 4. The van der Waals surface area contributed by atoms with Crippen LogP contribution in [0.5, 0.6) is 0 Å². The van der Waals surface area contributed by atoms with Crippen LogP contribution in [-0.4, -0.2) is 43.5 Å². The van der Waals surface area contributed by atoms with Crippen molar-refractivity contribution in [2.45, 2.75) is 63.9 Å². The van der Waals surface area contributed by atoms with Gasteiger partial charge in [-0.05, 0) is 80.3 Å². The maximum Gasteiger partial charge on any atom is 0.181 e. The molecule has 4 aromatic rings. The zero-order chi connectivity index (χ0) is 23.2. The van der Waals surface area contributed by atoms with Crippen LogP contribution < -0.4 is 5.32 Å². The first-order valence-electron chi connectivity index (χ1n) is 12.2. The highest BCUT2D eigenvalue weighted by Crippen LogP contribution is 2.38. The smallest absolute Gasteiger partial charge is 0.181 e. The van der Waals surface area contributed by atoms with Crippen LogP contribution in [0.25, 0.3) is 33.2 Å². The Kier molecular flexibility index (Phi) is 5.75. The Hall–Kier alpha value is -2.70. The van der Waals surface area contributed by atoms with Crippen LogP contribution in [0.3, 0.4) is 0 Å². The van der Waals surface area contributed by atoms with Crippen molar-refractivity contribution in [1.82, 2.24) is 25.1 Å². The highest BCUT2D eigenvalue weighted by molar-refractivity contribution is 5.93. The molecule has 3 aromatic heterocycles. The van der Waals surface area contributed by atoms with E-state index >= 15 is 0 Å².